The van der Waals surface area contributed by atoms with Crippen LogP contribution in [-0.2, 0) is 9.59 Å². The summed E-state index contributed by atoms with van der Waals surface area (Å²) in [6.07, 6.45) is 1.79. The zero-order chi connectivity index (χ0) is 12.9. The van der Waals surface area contributed by atoms with Crippen molar-refractivity contribution in [2.24, 2.45) is 5.41 Å². The molecule has 1 saturated carbocycles. The van der Waals surface area contributed by atoms with E-state index in [0.717, 1.165) is 22.9 Å². The number of urea groups is 1. The molecule has 1 aromatic rings. The summed E-state index contributed by atoms with van der Waals surface area (Å²) in [7, 11) is 0. The molecule has 0 bridgehead atoms. The maximum absolute atomic E-state index is 12.3. The van der Waals surface area contributed by atoms with Crippen LogP contribution in [0.3, 0.4) is 0 Å². The second-order valence-corrected chi connectivity index (χ2v) is 5.19. The standard InChI is InChI=1S/C10H10N4O3S/c1-5-11-9(18-13-5)14-7(16)10(3-2-4-10)6(15)12-8(14)17/h2-4H2,1H3,(H,12,15,17). The van der Waals surface area contributed by atoms with Gasteiger partial charge in [-0.05, 0) is 19.8 Å². The van der Waals surface area contributed by atoms with Crippen LogP contribution in [0.2, 0.25) is 0 Å². The average molecular weight is 266 g/mol. The summed E-state index contributed by atoms with van der Waals surface area (Å²) < 4.78 is 3.94. The first kappa shape index (κ1) is 11.3. The number of carbonyl (C=O) groups excluding carboxylic acids is 3. The molecule has 7 nitrogen and oxygen atoms in total. The van der Waals surface area contributed by atoms with Crippen LogP contribution in [0.5, 0.6) is 0 Å². The molecule has 2 heterocycles. The maximum Gasteiger partial charge on any atom is 0.337 e. The summed E-state index contributed by atoms with van der Waals surface area (Å²) >= 11 is 0.972. The van der Waals surface area contributed by atoms with Crippen molar-refractivity contribution in [3.05, 3.63) is 5.82 Å². The Labute approximate surface area is 106 Å². The van der Waals surface area contributed by atoms with Crippen molar-refractivity contribution in [1.82, 2.24) is 14.7 Å². The van der Waals surface area contributed by atoms with Crippen LogP contribution in [0.25, 0.3) is 0 Å². The van der Waals surface area contributed by atoms with Gasteiger partial charge < -0.3 is 0 Å². The quantitative estimate of drug-likeness (QED) is 0.751. The average Bonchev–Trinajstić information content (AvgIpc) is 2.61. The maximum atomic E-state index is 12.3. The smallest absolute Gasteiger partial charge is 0.276 e. The number of anilines is 1. The highest BCUT2D eigenvalue weighted by molar-refractivity contribution is 7.10. The van der Waals surface area contributed by atoms with E-state index in [1.54, 1.807) is 6.92 Å². The van der Waals surface area contributed by atoms with Crippen molar-refractivity contribution in [1.29, 1.82) is 0 Å². The molecule has 4 amide bonds. The van der Waals surface area contributed by atoms with E-state index in [1.807, 2.05) is 0 Å². The fourth-order valence-corrected chi connectivity index (χ4v) is 2.87. The van der Waals surface area contributed by atoms with Crippen LogP contribution in [0.1, 0.15) is 25.1 Å². The highest BCUT2D eigenvalue weighted by Crippen LogP contribution is 2.45. The van der Waals surface area contributed by atoms with E-state index < -0.39 is 23.3 Å². The molecule has 18 heavy (non-hydrogen) atoms. The molecule has 0 unspecified atom stereocenters. The molecule has 1 spiro atoms. The minimum absolute atomic E-state index is 0.216. The fourth-order valence-electron chi connectivity index (χ4n) is 2.20. The van der Waals surface area contributed by atoms with Gasteiger partial charge >= 0.3 is 6.03 Å². The molecule has 94 valence electrons. The number of carbonyl (C=O) groups is 3. The van der Waals surface area contributed by atoms with E-state index >= 15 is 0 Å². The highest BCUT2D eigenvalue weighted by atomic mass is 32.1. The topological polar surface area (TPSA) is 92.3 Å². The second-order valence-electron chi connectivity index (χ2n) is 4.46. The van der Waals surface area contributed by atoms with Crippen molar-refractivity contribution >= 4 is 34.5 Å². The van der Waals surface area contributed by atoms with Gasteiger partial charge in [-0.15, -0.1) is 0 Å². The van der Waals surface area contributed by atoms with Crippen molar-refractivity contribution in [3.63, 3.8) is 0 Å². The van der Waals surface area contributed by atoms with Gasteiger partial charge in [-0.2, -0.15) is 4.37 Å². The first-order chi connectivity index (χ1) is 8.54. The van der Waals surface area contributed by atoms with Gasteiger partial charge in [0.05, 0.1) is 0 Å². The Morgan fingerprint density at radius 3 is 2.56 bits per heavy atom. The summed E-state index contributed by atoms with van der Waals surface area (Å²) in [6, 6.07) is -0.737. The number of imide groups is 2. The molecule has 2 fully saturated rings. The summed E-state index contributed by atoms with van der Waals surface area (Å²) in [4.78, 5) is 40.9. The molecule has 1 aliphatic heterocycles. The van der Waals surface area contributed by atoms with Gasteiger partial charge in [0.1, 0.15) is 11.2 Å². The number of rotatable bonds is 1. The monoisotopic (exact) mass is 266 g/mol. The number of barbiturate groups is 1. The number of nitrogens with zero attached hydrogens (tertiary/aromatic N) is 3. The Morgan fingerprint density at radius 1 is 1.33 bits per heavy atom. The van der Waals surface area contributed by atoms with Crippen molar-refractivity contribution in [3.8, 4) is 0 Å². The lowest BCUT2D eigenvalue weighted by atomic mass is 9.66. The number of hydrogen-bond donors (Lipinski definition) is 1. The number of aryl methyl sites for hydroxylation is 1. The molecular formula is C10H10N4O3S. The molecular weight excluding hydrogens is 256 g/mol. The number of amides is 4. The largest absolute Gasteiger partial charge is 0.337 e. The predicted molar refractivity (Wildman–Crippen MR) is 62.0 cm³/mol. The van der Waals surface area contributed by atoms with Crippen LogP contribution in [0.4, 0.5) is 9.93 Å². The Bertz CT molecular complexity index is 563. The molecule has 2 aliphatic rings. The summed E-state index contributed by atoms with van der Waals surface area (Å²) in [5.41, 5.74) is -1.06. The van der Waals surface area contributed by atoms with E-state index in [0.29, 0.717) is 18.7 Å². The lowest BCUT2D eigenvalue weighted by Gasteiger charge is -2.43. The summed E-state index contributed by atoms with van der Waals surface area (Å²) in [5, 5.41) is 2.44. The highest BCUT2D eigenvalue weighted by Gasteiger charge is 2.58. The third-order valence-corrected chi connectivity index (χ3v) is 4.18. The Morgan fingerprint density at radius 2 is 2.06 bits per heavy atom. The zero-order valence-corrected chi connectivity index (χ0v) is 10.4. The molecule has 0 radical (unpaired) electrons. The normalized spacial score (nSPS) is 22.1. The van der Waals surface area contributed by atoms with E-state index in [4.69, 9.17) is 0 Å². The van der Waals surface area contributed by atoms with Gasteiger partial charge in [-0.1, -0.05) is 6.42 Å². The molecule has 1 N–H and O–H groups in total. The third kappa shape index (κ3) is 1.32. The van der Waals surface area contributed by atoms with Crippen LogP contribution in [-0.4, -0.2) is 27.2 Å². The van der Waals surface area contributed by atoms with Gasteiger partial charge in [-0.25, -0.2) is 14.7 Å². The summed E-state index contributed by atoms with van der Waals surface area (Å²) in [5.74, 6) is -0.463. The fraction of sp³-hybridized carbons (Fsp3) is 0.500. The van der Waals surface area contributed by atoms with Gasteiger partial charge in [0.2, 0.25) is 11.0 Å². The van der Waals surface area contributed by atoms with Crippen LogP contribution < -0.4 is 10.2 Å². The first-order valence-corrected chi connectivity index (χ1v) is 6.32. The van der Waals surface area contributed by atoms with E-state index in [2.05, 4.69) is 14.7 Å². The lowest BCUT2D eigenvalue weighted by Crippen LogP contribution is -2.66. The summed E-state index contributed by atoms with van der Waals surface area (Å²) in [6.45, 7) is 1.68. The minimum atomic E-state index is -1.06. The second kappa shape index (κ2) is 3.58. The molecule has 1 saturated heterocycles. The van der Waals surface area contributed by atoms with E-state index in [9.17, 15) is 14.4 Å². The molecule has 0 aromatic carbocycles. The SMILES string of the molecule is Cc1nsc(N2C(=O)NC(=O)C3(CCC3)C2=O)n1. The van der Waals surface area contributed by atoms with Gasteiger partial charge in [0.25, 0.3) is 5.91 Å². The molecule has 1 aliphatic carbocycles. The molecule has 0 atom stereocenters. The number of aromatic nitrogens is 2. The lowest BCUT2D eigenvalue weighted by molar-refractivity contribution is -0.148. The molecule has 8 heteroatoms. The van der Waals surface area contributed by atoms with Crippen molar-refractivity contribution in [2.45, 2.75) is 26.2 Å². The van der Waals surface area contributed by atoms with Gasteiger partial charge in [0, 0.05) is 11.5 Å². The van der Waals surface area contributed by atoms with Crippen LogP contribution in [0, 0.1) is 12.3 Å². The zero-order valence-electron chi connectivity index (χ0n) is 9.60. The predicted octanol–water partition coefficient (Wildman–Crippen LogP) is 0.600. The molecule has 1 aromatic heterocycles. The van der Waals surface area contributed by atoms with Crippen molar-refractivity contribution in [2.75, 3.05) is 4.90 Å². The van der Waals surface area contributed by atoms with Gasteiger partial charge in [0.15, 0.2) is 0 Å². The number of hydrogen-bond acceptors (Lipinski definition) is 6. The Kier molecular flexibility index (Phi) is 2.24. The van der Waals surface area contributed by atoms with Crippen LogP contribution >= 0.6 is 11.5 Å². The van der Waals surface area contributed by atoms with Crippen LogP contribution in [0.15, 0.2) is 0 Å². The minimum Gasteiger partial charge on any atom is -0.276 e. The first-order valence-electron chi connectivity index (χ1n) is 5.55. The Balaban J connectivity index is 2.01. The van der Waals surface area contributed by atoms with E-state index in [-0.39, 0.29) is 5.13 Å². The number of nitrogens with one attached hydrogen (secondary N) is 1. The molecule has 3 rings (SSSR count). The third-order valence-electron chi connectivity index (χ3n) is 3.39. The Hall–Kier alpha value is -1.83. The van der Waals surface area contributed by atoms with Crippen molar-refractivity contribution < 1.29 is 14.4 Å². The van der Waals surface area contributed by atoms with Gasteiger partial charge in [-0.3, -0.25) is 14.9 Å². The van der Waals surface area contributed by atoms with E-state index in [1.165, 1.54) is 0 Å².